The first-order chi connectivity index (χ1) is 12.9. The van der Waals surface area contributed by atoms with Gasteiger partial charge in [-0.25, -0.2) is 19.2 Å². The van der Waals surface area contributed by atoms with Gasteiger partial charge in [0, 0.05) is 30.1 Å². The zero-order valence-electron chi connectivity index (χ0n) is 15.3. The molecule has 0 aromatic carbocycles. The molecule has 0 saturated carbocycles. The van der Waals surface area contributed by atoms with Crippen LogP contribution in [0.1, 0.15) is 30.7 Å². The Morgan fingerprint density at radius 1 is 1.37 bits per heavy atom. The molecule has 2 unspecified atom stereocenters. The molecular weight excluding hydrogens is 364 g/mol. The maximum atomic E-state index is 12.7. The molecule has 0 amide bonds. The summed E-state index contributed by atoms with van der Waals surface area (Å²) in [5.74, 6) is 2.14. The summed E-state index contributed by atoms with van der Waals surface area (Å²) in [5.41, 5.74) is 7.28. The van der Waals surface area contributed by atoms with E-state index in [9.17, 15) is 4.21 Å². The van der Waals surface area contributed by atoms with Crippen LogP contribution in [-0.2, 0) is 14.5 Å². The molecule has 8 nitrogen and oxygen atoms in total. The number of hydrogen-bond donors (Lipinski definition) is 2. The van der Waals surface area contributed by atoms with Crippen LogP contribution in [0.4, 0.5) is 11.6 Å². The van der Waals surface area contributed by atoms with Crippen molar-refractivity contribution in [3.63, 3.8) is 0 Å². The van der Waals surface area contributed by atoms with Crippen LogP contribution < -0.4 is 10.6 Å². The Morgan fingerprint density at radius 3 is 2.93 bits per heavy atom. The molecule has 4 heterocycles. The van der Waals surface area contributed by atoms with E-state index in [4.69, 9.17) is 25.2 Å². The molecule has 2 aliphatic rings. The molecule has 27 heavy (non-hydrogen) atoms. The van der Waals surface area contributed by atoms with Gasteiger partial charge >= 0.3 is 0 Å². The van der Waals surface area contributed by atoms with Gasteiger partial charge in [0.2, 0.25) is 0 Å². The van der Waals surface area contributed by atoms with Gasteiger partial charge in [-0.15, -0.1) is 0 Å². The van der Waals surface area contributed by atoms with Crippen molar-refractivity contribution >= 4 is 21.4 Å². The Kier molecular flexibility index (Phi) is 4.73. The van der Waals surface area contributed by atoms with E-state index in [1.807, 2.05) is 12.1 Å². The lowest BCUT2D eigenvalue weighted by Gasteiger charge is -2.34. The van der Waals surface area contributed by atoms with Crippen molar-refractivity contribution in [3.8, 4) is 11.4 Å². The predicted octanol–water partition coefficient (Wildman–Crippen LogP) is 2.23. The van der Waals surface area contributed by atoms with E-state index in [0.29, 0.717) is 36.3 Å². The van der Waals surface area contributed by atoms with E-state index in [0.717, 1.165) is 30.8 Å². The molecular formula is C18H24N6O2S. The molecule has 9 heteroatoms. The van der Waals surface area contributed by atoms with Gasteiger partial charge in [-0.2, -0.15) is 0 Å². The van der Waals surface area contributed by atoms with Crippen molar-refractivity contribution in [1.82, 2.24) is 15.0 Å². The molecule has 2 saturated heterocycles. The van der Waals surface area contributed by atoms with Gasteiger partial charge in [0.25, 0.3) is 0 Å². The SMILES string of the molecule is C[C@@H]1COCCN1c1cc(C2CCCS2(=N)=O)nc(-c2ccnc(N)c2)n1. The Bertz CT molecular complexity index is 949. The average molecular weight is 388 g/mol. The number of rotatable bonds is 3. The number of nitrogens with two attached hydrogens (primary N) is 1. The number of nitrogens with one attached hydrogen (secondary N) is 1. The lowest BCUT2D eigenvalue weighted by Crippen LogP contribution is -2.44. The average Bonchev–Trinajstić information content (AvgIpc) is 3.01. The molecule has 144 valence electrons. The predicted molar refractivity (Wildman–Crippen MR) is 105 cm³/mol. The molecule has 2 aromatic rings. The van der Waals surface area contributed by atoms with E-state index in [-0.39, 0.29) is 11.3 Å². The Balaban J connectivity index is 1.83. The summed E-state index contributed by atoms with van der Waals surface area (Å²) in [6.45, 7) is 4.10. The first-order valence-electron chi connectivity index (χ1n) is 9.14. The van der Waals surface area contributed by atoms with Crippen molar-refractivity contribution in [2.45, 2.75) is 31.1 Å². The van der Waals surface area contributed by atoms with Crippen LogP contribution in [0.2, 0.25) is 0 Å². The number of ether oxygens (including phenoxy) is 1. The van der Waals surface area contributed by atoms with Crippen LogP contribution >= 0.6 is 0 Å². The number of pyridine rings is 1. The van der Waals surface area contributed by atoms with Crippen molar-refractivity contribution in [2.75, 3.05) is 36.1 Å². The zero-order valence-corrected chi connectivity index (χ0v) is 16.1. The van der Waals surface area contributed by atoms with E-state index >= 15 is 0 Å². The molecule has 0 bridgehead atoms. The smallest absolute Gasteiger partial charge is 0.161 e. The Hall–Kier alpha value is -2.26. The lowest BCUT2D eigenvalue weighted by molar-refractivity contribution is 0.0985. The van der Waals surface area contributed by atoms with E-state index in [1.54, 1.807) is 12.3 Å². The third kappa shape index (κ3) is 3.61. The Labute approximate surface area is 159 Å². The molecule has 2 aromatic heterocycles. The fourth-order valence-corrected chi connectivity index (χ4v) is 5.65. The highest BCUT2D eigenvalue weighted by Gasteiger charge is 2.32. The summed E-state index contributed by atoms with van der Waals surface area (Å²) in [7, 11) is -2.68. The molecule has 3 N–H and O–H groups in total. The van der Waals surface area contributed by atoms with Gasteiger partial charge in [-0.3, -0.25) is 4.78 Å². The summed E-state index contributed by atoms with van der Waals surface area (Å²) in [4.78, 5) is 15.7. The lowest BCUT2D eigenvalue weighted by atomic mass is 10.1. The van der Waals surface area contributed by atoms with E-state index in [2.05, 4.69) is 16.8 Å². The van der Waals surface area contributed by atoms with E-state index < -0.39 is 9.73 Å². The van der Waals surface area contributed by atoms with Crippen LogP contribution in [0.15, 0.2) is 24.4 Å². The molecule has 4 rings (SSSR count). The standard InChI is InChI=1S/C18H24N6O2S/c1-12-11-26-7-6-24(12)17-10-14(15-3-2-8-27(15,20)25)22-18(23-17)13-4-5-21-16(19)9-13/h4-5,9-10,12,15,20H,2-3,6-8,11H2,1H3,(H2,19,21)/t12-,15?,27?/m1/s1. The van der Waals surface area contributed by atoms with Crippen LogP contribution in [0.3, 0.4) is 0 Å². The minimum Gasteiger partial charge on any atom is -0.384 e. The largest absolute Gasteiger partial charge is 0.384 e. The van der Waals surface area contributed by atoms with Gasteiger partial charge in [0.1, 0.15) is 11.6 Å². The monoisotopic (exact) mass is 388 g/mol. The van der Waals surface area contributed by atoms with Gasteiger partial charge < -0.3 is 15.4 Å². The number of hydrogen-bond acceptors (Lipinski definition) is 8. The minimum atomic E-state index is -2.68. The van der Waals surface area contributed by atoms with Crippen LogP contribution in [0.5, 0.6) is 0 Å². The zero-order chi connectivity index (χ0) is 19.0. The highest BCUT2D eigenvalue weighted by Crippen LogP contribution is 2.36. The van der Waals surface area contributed by atoms with Crippen molar-refractivity contribution < 1.29 is 8.95 Å². The second-order valence-electron chi connectivity index (χ2n) is 7.12. The second-order valence-corrected chi connectivity index (χ2v) is 9.55. The summed E-state index contributed by atoms with van der Waals surface area (Å²) in [5, 5.41) is -0.353. The number of nitrogen functional groups attached to an aromatic ring is 1. The summed E-state index contributed by atoms with van der Waals surface area (Å²) in [6.07, 6.45) is 3.13. The third-order valence-corrected chi connectivity index (χ3v) is 7.43. The topological polar surface area (TPSA) is 118 Å². The molecule has 0 spiro atoms. The first-order valence-corrected chi connectivity index (χ1v) is 10.9. The van der Waals surface area contributed by atoms with Gasteiger partial charge in [-0.05, 0) is 31.9 Å². The van der Waals surface area contributed by atoms with Crippen LogP contribution in [0, 0.1) is 4.78 Å². The quantitative estimate of drug-likeness (QED) is 0.827. The number of nitrogens with zero attached hydrogens (tertiary/aromatic N) is 4. The molecule has 2 aliphatic heterocycles. The summed E-state index contributed by atoms with van der Waals surface area (Å²) < 4.78 is 26.5. The normalized spacial score (nSPS) is 28.4. The summed E-state index contributed by atoms with van der Waals surface area (Å²) in [6, 6.07) is 5.63. The second kappa shape index (κ2) is 7.05. The van der Waals surface area contributed by atoms with E-state index in [1.165, 1.54) is 0 Å². The molecule has 0 radical (unpaired) electrons. The maximum Gasteiger partial charge on any atom is 0.161 e. The molecule has 2 fully saturated rings. The van der Waals surface area contributed by atoms with Crippen LogP contribution in [0.25, 0.3) is 11.4 Å². The van der Waals surface area contributed by atoms with Crippen molar-refractivity contribution in [3.05, 3.63) is 30.1 Å². The van der Waals surface area contributed by atoms with Crippen molar-refractivity contribution in [2.24, 2.45) is 0 Å². The maximum absolute atomic E-state index is 12.7. The minimum absolute atomic E-state index is 0.181. The number of anilines is 2. The molecule has 0 aliphatic carbocycles. The highest BCUT2D eigenvalue weighted by molar-refractivity contribution is 7.92. The van der Waals surface area contributed by atoms with Gasteiger partial charge in [-0.1, -0.05) is 0 Å². The third-order valence-electron chi connectivity index (χ3n) is 5.14. The van der Waals surface area contributed by atoms with Crippen molar-refractivity contribution in [1.29, 1.82) is 4.78 Å². The highest BCUT2D eigenvalue weighted by atomic mass is 32.2. The summed E-state index contributed by atoms with van der Waals surface area (Å²) >= 11 is 0. The fourth-order valence-electron chi connectivity index (χ4n) is 3.71. The van der Waals surface area contributed by atoms with Gasteiger partial charge in [0.15, 0.2) is 5.82 Å². The van der Waals surface area contributed by atoms with Gasteiger partial charge in [0.05, 0.1) is 39.9 Å². The number of morpholine rings is 1. The number of aromatic nitrogens is 3. The Morgan fingerprint density at radius 2 is 2.22 bits per heavy atom. The van der Waals surface area contributed by atoms with Crippen LogP contribution in [-0.4, -0.2) is 50.7 Å². The fraction of sp³-hybridized carbons (Fsp3) is 0.500. The molecule has 3 atom stereocenters. The first kappa shape index (κ1) is 18.1.